The van der Waals surface area contributed by atoms with Crippen LogP contribution in [0.5, 0.6) is 0 Å². The van der Waals surface area contributed by atoms with Crippen molar-refractivity contribution < 1.29 is 53.5 Å². The van der Waals surface area contributed by atoms with Crippen LogP contribution in [0.2, 0.25) is 15.1 Å². The monoisotopic (exact) mass is 697 g/mol. The maximum atomic E-state index is 13.5. The highest BCUT2D eigenvalue weighted by Crippen LogP contribution is 2.46. The first-order valence-electron chi connectivity index (χ1n) is 9.77. The van der Waals surface area contributed by atoms with E-state index >= 15 is 0 Å². The van der Waals surface area contributed by atoms with Gasteiger partial charge in [0.1, 0.15) is 0 Å². The smallest absolute Gasteiger partial charge is 0.366 e. The van der Waals surface area contributed by atoms with Gasteiger partial charge in [-0.1, -0.05) is 69.0 Å². The lowest BCUT2D eigenvalue weighted by molar-refractivity contribution is -0.324. The molecule has 0 aromatic heterocycles. The van der Waals surface area contributed by atoms with E-state index in [1.165, 1.54) is 13.0 Å². The van der Waals surface area contributed by atoms with Gasteiger partial charge >= 0.3 is 24.2 Å². The zero-order chi connectivity index (χ0) is 30.7. The Morgan fingerprint density at radius 2 is 1.33 bits per heavy atom. The normalized spacial score (nSPS) is 13.6. The molecule has 0 saturated heterocycles. The van der Waals surface area contributed by atoms with Crippen LogP contribution in [0.4, 0.5) is 43.9 Å². The summed E-state index contributed by atoms with van der Waals surface area (Å²) in [6.07, 6.45) is -15.0. The Morgan fingerprint density at radius 3 is 1.64 bits per heavy atom. The standard InChI is InChI=1S/C18H11BrCl3F3O.C4H2F7NO/c1-9(26)12-4-2-10(6-14(12)19)3-5-13(18(23,24)25)11-7-15(20)17(22)16(21)8-11;5-2(1(12)13,3(6,7)8)4(9,10)11/h2-8,13H,1H3;(H2,12,13)/b5-3+;. The Morgan fingerprint density at radius 1 is 0.872 bits per heavy atom. The van der Waals surface area contributed by atoms with Crippen molar-refractivity contribution >= 4 is 68.5 Å². The second-order valence-electron chi connectivity index (χ2n) is 7.49. The summed E-state index contributed by atoms with van der Waals surface area (Å²) in [5, 5.41) is -0.0958. The summed E-state index contributed by atoms with van der Waals surface area (Å²) >= 11 is 20.7. The van der Waals surface area contributed by atoms with Crippen molar-refractivity contribution in [3.8, 4) is 0 Å². The maximum Gasteiger partial charge on any atom is 0.441 e. The van der Waals surface area contributed by atoms with E-state index in [2.05, 4.69) is 21.7 Å². The third kappa shape index (κ3) is 8.48. The van der Waals surface area contributed by atoms with Crippen LogP contribution in [0.3, 0.4) is 0 Å². The molecule has 0 heterocycles. The topological polar surface area (TPSA) is 60.2 Å². The molecule has 2 rings (SSSR count). The lowest BCUT2D eigenvalue weighted by atomic mass is 9.97. The summed E-state index contributed by atoms with van der Waals surface area (Å²) < 4.78 is 122. The average molecular weight is 700 g/mol. The molecule has 0 saturated carbocycles. The second kappa shape index (κ2) is 12.6. The molecule has 0 bridgehead atoms. The van der Waals surface area contributed by atoms with Gasteiger partial charge in [-0.3, -0.25) is 9.59 Å². The average Bonchev–Trinajstić information content (AvgIpc) is 2.74. The Hall–Kier alpha value is -2.03. The van der Waals surface area contributed by atoms with Crippen LogP contribution in [0.1, 0.15) is 34.3 Å². The van der Waals surface area contributed by atoms with Crippen LogP contribution in [0.15, 0.2) is 40.9 Å². The fraction of sp³-hybridized carbons (Fsp3) is 0.273. The molecule has 2 aromatic rings. The maximum absolute atomic E-state index is 13.5. The quantitative estimate of drug-likeness (QED) is 0.192. The van der Waals surface area contributed by atoms with Gasteiger partial charge in [-0.05, 0) is 42.3 Å². The van der Waals surface area contributed by atoms with E-state index in [9.17, 15) is 53.5 Å². The molecule has 1 unspecified atom stereocenters. The lowest BCUT2D eigenvalue weighted by Gasteiger charge is -2.26. The van der Waals surface area contributed by atoms with Crippen molar-refractivity contribution in [2.24, 2.45) is 5.73 Å². The van der Waals surface area contributed by atoms with E-state index in [0.717, 1.165) is 18.2 Å². The molecule has 1 atom stereocenters. The summed E-state index contributed by atoms with van der Waals surface area (Å²) in [6, 6.07) is 6.97. The molecule has 1 amide bonds. The zero-order valence-electron chi connectivity index (χ0n) is 18.8. The Kier molecular flexibility index (Phi) is 11.4. The summed E-state index contributed by atoms with van der Waals surface area (Å²) in [5.74, 6) is -5.19. The van der Waals surface area contributed by atoms with E-state index < -0.39 is 36.0 Å². The Bertz CT molecular complexity index is 1220. The van der Waals surface area contributed by atoms with Gasteiger partial charge in [0.2, 0.25) is 0 Å². The predicted octanol–water partition coefficient (Wildman–Crippen LogP) is 9.28. The second-order valence-corrected chi connectivity index (χ2v) is 9.54. The molecule has 0 aliphatic rings. The number of alkyl halides is 10. The molecule has 2 aromatic carbocycles. The van der Waals surface area contributed by atoms with Gasteiger partial charge in [0.25, 0.3) is 5.91 Å². The number of nitrogens with two attached hydrogens (primary N) is 1. The molecule has 0 fully saturated rings. The minimum Gasteiger partial charge on any atom is -0.366 e. The highest BCUT2D eigenvalue weighted by Gasteiger charge is 2.76. The number of benzene rings is 2. The summed E-state index contributed by atoms with van der Waals surface area (Å²) in [4.78, 5) is 21.1. The molecule has 17 heteroatoms. The number of allylic oxidation sites excluding steroid dienone is 1. The molecule has 0 aliphatic heterocycles. The molecular weight excluding hydrogens is 686 g/mol. The van der Waals surface area contributed by atoms with Gasteiger partial charge in [-0.2, -0.15) is 39.5 Å². The highest BCUT2D eigenvalue weighted by molar-refractivity contribution is 9.10. The largest absolute Gasteiger partial charge is 0.441 e. The Balaban J connectivity index is 0.000000495. The fourth-order valence-corrected chi connectivity index (χ4v) is 4.02. The van der Waals surface area contributed by atoms with E-state index in [1.54, 1.807) is 18.2 Å². The first-order valence-corrected chi connectivity index (χ1v) is 11.7. The van der Waals surface area contributed by atoms with Crippen LogP contribution in [-0.4, -0.2) is 35.9 Å². The van der Waals surface area contributed by atoms with E-state index in [4.69, 9.17) is 34.8 Å². The van der Waals surface area contributed by atoms with Gasteiger partial charge in [-0.15, -0.1) is 0 Å². The van der Waals surface area contributed by atoms with Crippen LogP contribution in [0, 0.1) is 0 Å². The number of Topliss-reactive ketones (excluding diaryl/α,β-unsaturated/α-hetero) is 1. The molecule has 39 heavy (non-hydrogen) atoms. The van der Waals surface area contributed by atoms with Crippen molar-refractivity contribution in [1.29, 1.82) is 0 Å². The number of hydrogen-bond donors (Lipinski definition) is 1. The van der Waals surface area contributed by atoms with Gasteiger partial charge in [0, 0.05) is 10.0 Å². The van der Waals surface area contributed by atoms with E-state index in [-0.39, 0.29) is 26.4 Å². The number of primary amides is 1. The van der Waals surface area contributed by atoms with Gasteiger partial charge < -0.3 is 5.73 Å². The number of amides is 1. The van der Waals surface area contributed by atoms with Crippen molar-refractivity contribution in [3.63, 3.8) is 0 Å². The number of halogens is 14. The van der Waals surface area contributed by atoms with Gasteiger partial charge in [0.15, 0.2) is 5.78 Å². The van der Waals surface area contributed by atoms with Crippen LogP contribution < -0.4 is 5.73 Å². The SMILES string of the molecule is CC(=O)c1ccc(/C=C/C(c2cc(Cl)c(Cl)c(Cl)c2)C(F)(F)F)cc1Br.NC(=O)C(F)(C(F)(F)F)C(F)(F)F. The third-order valence-electron chi connectivity index (χ3n) is 4.69. The molecule has 0 spiro atoms. The van der Waals surface area contributed by atoms with Crippen molar-refractivity contribution in [3.05, 3.63) is 72.6 Å². The van der Waals surface area contributed by atoms with Crippen molar-refractivity contribution in [2.75, 3.05) is 0 Å². The van der Waals surface area contributed by atoms with Crippen molar-refractivity contribution in [1.82, 2.24) is 0 Å². The molecule has 0 radical (unpaired) electrons. The first-order chi connectivity index (χ1) is 17.4. The van der Waals surface area contributed by atoms with Gasteiger partial charge in [0.05, 0.1) is 21.0 Å². The predicted molar refractivity (Wildman–Crippen MR) is 129 cm³/mol. The number of ketones is 1. The zero-order valence-corrected chi connectivity index (χ0v) is 22.7. The first kappa shape index (κ1) is 35.0. The number of carbonyl (C=O) groups is 2. The minimum absolute atomic E-state index is 0.00531. The van der Waals surface area contributed by atoms with Crippen LogP contribution in [0.25, 0.3) is 6.08 Å². The summed E-state index contributed by atoms with van der Waals surface area (Å²) in [5.41, 5.74) is -1.46. The van der Waals surface area contributed by atoms with Crippen LogP contribution in [-0.2, 0) is 4.79 Å². The molecule has 216 valence electrons. The molecule has 2 N–H and O–H groups in total. The number of carbonyl (C=O) groups excluding carboxylic acids is 2. The number of rotatable bonds is 5. The van der Waals surface area contributed by atoms with Crippen LogP contribution >= 0.6 is 50.7 Å². The number of hydrogen-bond acceptors (Lipinski definition) is 2. The molecule has 3 nitrogen and oxygen atoms in total. The van der Waals surface area contributed by atoms with E-state index in [1.807, 2.05) is 0 Å². The third-order valence-corrected chi connectivity index (χ3v) is 6.55. The molecular formula is C22H13BrCl3F10NO2. The summed E-state index contributed by atoms with van der Waals surface area (Å²) in [7, 11) is 0. The summed E-state index contributed by atoms with van der Waals surface area (Å²) in [6.45, 7) is 1.41. The minimum atomic E-state index is -6.41. The van der Waals surface area contributed by atoms with Gasteiger partial charge in [-0.25, -0.2) is 4.39 Å². The molecule has 0 aliphatic carbocycles. The lowest BCUT2D eigenvalue weighted by Crippen LogP contribution is -2.61. The van der Waals surface area contributed by atoms with E-state index in [0.29, 0.717) is 15.6 Å². The fourth-order valence-electron chi connectivity index (χ4n) is 2.73. The Labute approximate surface area is 237 Å². The highest BCUT2D eigenvalue weighted by atomic mass is 79.9. The van der Waals surface area contributed by atoms with Crippen molar-refractivity contribution in [2.45, 2.75) is 37.0 Å².